The number of carbonyl (C=O) groups excluding carboxylic acids is 2. The standard InChI is InChI=1S/C18H17F3N2O4/c19-18(20,21)12-5-7-13(8-6-12)23-16(25)15(24)22-10-17(26,11-3-4-11)14-2-1-9-27-14/h1-2,5-9,11,26H,3-4,10H2,(H,22,24)(H,23,25). The minimum atomic E-state index is -4.49. The highest BCUT2D eigenvalue weighted by atomic mass is 19.4. The van der Waals surface area contributed by atoms with Crippen molar-refractivity contribution in [3.05, 3.63) is 54.0 Å². The Morgan fingerprint density at radius 2 is 1.78 bits per heavy atom. The van der Waals surface area contributed by atoms with Crippen molar-refractivity contribution in [1.29, 1.82) is 0 Å². The highest BCUT2D eigenvalue weighted by Crippen LogP contribution is 2.45. The maximum Gasteiger partial charge on any atom is 0.416 e. The van der Waals surface area contributed by atoms with Gasteiger partial charge in [0.25, 0.3) is 0 Å². The van der Waals surface area contributed by atoms with Crippen LogP contribution in [0.5, 0.6) is 0 Å². The van der Waals surface area contributed by atoms with E-state index in [9.17, 15) is 27.9 Å². The van der Waals surface area contributed by atoms with Crippen LogP contribution in [0.25, 0.3) is 0 Å². The Balaban J connectivity index is 1.58. The molecule has 27 heavy (non-hydrogen) atoms. The fourth-order valence-corrected chi connectivity index (χ4v) is 2.74. The number of hydrogen-bond donors (Lipinski definition) is 3. The first kappa shape index (κ1) is 19.0. The first-order valence-corrected chi connectivity index (χ1v) is 8.23. The Bertz CT molecular complexity index is 814. The van der Waals surface area contributed by atoms with E-state index in [1.165, 1.54) is 6.26 Å². The Labute approximate surface area is 152 Å². The van der Waals surface area contributed by atoms with Crippen LogP contribution in [-0.4, -0.2) is 23.5 Å². The van der Waals surface area contributed by atoms with Gasteiger partial charge in [0.2, 0.25) is 0 Å². The van der Waals surface area contributed by atoms with Gasteiger partial charge in [0, 0.05) is 5.69 Å². The summed E-state index contributed by atoms with van der Waals surface area (Å²) in [5.41, 5.74) is -2.22. The van der Waals surface area contributed by atoms with Gasteiger partial charge in [-0.3, -0.25) is 9.59 Å². The summed E-state index contributed by atoms with van der Waals surface area (Å²) in [6.07, 6.45) is -1.55. The summed E-state index contributed by atoms with van der Waals surface area (Å²) in [5, 5.41) is 15.4. The van der Waals surface area contributed by atoms with E-state index in [4.69, 9.17) is 4.42 Å². The summed E-state index contributed by atoms with van der Waals surface area (Å²) >= 11 is 0. The number of furan rings is 1. The van der Waals surface area contributed by atoms with Crippen molar-refractivity contribution in [1.82, 2.24) is 5.32 Å². The lowest BCUT2D eigenvalue weighted by molar-refractivity contribution is -0.137. The summed E-state index contributed by atoms with van der Waals surface area (Å²) in [6, 6.07) is 6.91. The van der Waals surface area contributed by atoms with Crippen LogP contribution in [0, 0.1) is 5.92 Å². The summed E-state index contributed by atoms with van der Waals surface area (Å²) < 4.78 is 42.8. The molecule has 0 spiro atoms. The monoisotopic (exact) mass is 382 g/mol. The number of halogens is 3. The van der Waals surface area contributed by atoms with Gasteiger partial charge in [0.1, 0.15) is 11.4 Å². The molecule has 1 aliphatic rings. The third-order valence-electron chi connectivity index (χ3n) is 4.40. The minimum absolute atomic E-state index is 0.0478. The maximum absolute atomic E-state index is 12.5. The molecule has 9 heteroatoms. The van der Waals surface area contributed by atoms with E-state index in [1.807, 2.05) is 0 Å². The van der Waals surface area contributed by atoms with Gasteiger partial charge >= 0.3 is 18.0 Å². The number of aliphatic hydroxyl groups is 1. The van der Waals surface area contributed by atoms with Crippen LogP contribution in [0.3, 0.4) is 0 Å². The largest absolute Gasteiger partial charge is 0.466 e. The second-order valence-electron chi connectivity index (χ2n) is 6.39. The lowest BCUT2D eigenvalue weighted by Gasteiger charge is -2.26. The number of nitrogens with one attached hydrogen (secondary N) is 2. The summed E-state index contributed by atoms with van der Waals surface area (Å²) in [5.74, 6) is -1.84. The molecule has 1 saturated carbocycles. The molecule has 0 aliphatic heterocycles. The zero-order valence-electron chi connectivity index (χ0n) is 14.0. The lowest BCUT2D eigenvalue weighted by Crippen LogP contribution is -2.45. The number of rotatable bonds is 5. The number of hydrogen-bond acceptors (Lipinski definition) is 4. The van der Waals surface area contributed by atoms with Crippen molar-refractivity contribution in [2.45, 2.75) is 24.6 Å². The Morgan fingerprint density at radius 1 is 1.11 bits per heavy atom. The fraction of sp³-hybridized carbons (Fsp3) is 0.333. The molecule has 1 atom stereocenters. The van der Waals surface area contributed by atoms with Crippen molar-refractivity contribution >= 4 is 17.5 Å². The first-order chi connectivity index (χ1) is 12.7. The van der Waals surface area contributed by atoms with Gasteiger partial charge in [0.05, 0.1) is 18.4 Å². The molecule has 1 unspecified atom stereocenters. The van der Waals surface area contributed by atoms with Crippen molar-refractivity contribution in [2.24, 2.45) is 5.92 Å². The molecule has 0 bridgehead atoms. The van der Waals surface area contributed by atoms with E-state index in [0.717, 1.165) is 37.1 Å². The van der Waals surface area contributed by atoms with Crippen LogP contribution in [0.15, 0.2) is 47.1 Å². The molecule has 1 aromatic heterocycles. The molecule has 0 saturated heterocycles. The molecule has 3 N–H and O–H groups in total. The minimum Gasteiger partial charge on any atom is -0.466 e. The fourth-order valence-electron chi connectivity index (χ4n) is 2.74. The Kier molecular flexibility index (Phi) is 4.97. The van der Waals surface area contributed by atoms with E-state index in [2.05, 4.69) is 10.6 Å². The first-order valence-electron chi connectivity index (χ1n) is 8.23. The second kappa shape index (κ2) is 7.07. The van der Waals surface area contributed by atoms with Gasteiger partial charge in [-0.2, -0.15) is 13.2 Å². The van der Waals surface area contributed by atoms with E-state index in [0.29, 0.717) is 5.76 Å². The van der Waals surface area contributed by atoms with Gasteiger partial charge < -0.3 is 20.2 Å². The third kappa shape index (κ3) is 4.30. The van der Waals surface area contributed by atoms with Gasteiger partial charge in [-0.25, -0.2) is 0 Å². The smallest absolute Gasteiger partial charge is 0.416 e. The zero-order chi connectivity index (χ0) is 19.7. The molecular formula is C18H17F3N2O4. The van der Waals surface area contributed by atoms with Gasteiger partial charge in [-0.15, -0.1) is 0 Å². The molecular weight excluding hydrogens is 365 g/mol. The molecule has 3 rings (SSSR count). The molecule has 0 radical (unpaired) electrons. The molecule has 6 nitrogen and oxygen atoms in total. The zero-order valence-corrected chi connectivity index (χ0v) is 14.0. The lowest BCUT2D eigenvalue weighted by atomic mass is 9.94. The number of alkyl halides is 3. The molecule has 1 fully saturated rings. The predicted octanol–water partition coefficient (Wildman–Crippen LogP) is 2.65. The Morgan fingerprint density at radius 3 is 2.30 bits per heavy atom. The molecule has 144 valence electrons. The normalized spacial score (nSPS) is 16.4. The van der Waals surface area contributed by atoms with Gasteiger partial charge in [-0.1, -0.05) is 0 Å². The maximum atomic E-state index is 12.5. The molecule has 2 aromatic rings. The second-order valence-corrected chi connectivity index (χ2v) is 6.39. The van der Waals surface area contributed by atoms with E-state index >= 15 is 0 Å². The van der Waals surface area contributed by atoms with Crippen LogP contribution in [0.4, 0.5) is 18.9 Å². The van der Waals surface area contributed by atoms with Gasteiger partial charge in [-0.05, 0) is 55.2 Å². The SMILES string of the molecule is O=C(NCC(O)(c1ccco1)C1CC1)C(=O)Nc1ccc(C(F)(F)F)cc1. The van der Waals surface area contributed by atoms with E-state index in [1.54, 1.807) is 12.1 Å². The molecule has 2 amide bonds. The van der Waals surface area contributed by atoms with E-state index < -0.39 is 29.2 Å². The highest BCUT2D eigenvalue weighted by molar-refractivity contribution is 6.39. The van der Waals surface area contributed by atoms with Crippen molar-refractivity contribution < 1.29 is 32.3 Å². The van der Waals surface area contributed by atoms with Crippen LogP contribution < -0.4 is 10.6 Å². The highest BCUT2D eigenvalue weighted by Gasteiger charge is 2.47. The average Bonchev–Trinajstić information content (AvgIpc) is 3.34. The number of benzene rings is 1. The Hall–Kier alpha value is -2.81. The van der Waals surface area contributed by atoms with Crippen LogP contribution in [-0.2, 0) is 21.4 Å². The molecule has 1 aromatic carbocycles. The number of anilines is 1. The summed E-state index contributed by atoms with van der Waals surface area (Å²) in [6.45, 7) is -0.218. The predicted molar refractivity (Wildman–Crippen MR) is 88.4 cm³/mol. The van der Waals surface area contributed by atoms with Crippen LogP contribution in [0.2, 0.25) is 0 Å². The van der Waals surface area contributed by atoms with E-state index in [-0.39, 0.29) is 18.2 Å². The quantitative estimate of drug-likeness (QED) is 0.694. The summed E-state index contributed by atoms with van der Waals surface area (Å²) in [7, 11) is 0. The summed E-state index contributed by atoms with van der Waals surface area (Å²) in [4.78, 5) is 23.9. The number of carbonyl (C=O) groups is 2. The van der Waals surface area contributed by atoms with Crippen molar-refractivity contribution in [2.75, 3.05) is 11.9 Å². The topological polar surface area (TPSA) is 91.6 Å². The van der Waals surface area contributed by atoms with Gasteiger partial charge in [0.15, 0.2) is 0 Å². The molecule has 1 aliphatic carbocycles. The van der Waals surface area contributed by atoms with Crippen molar-refractivity contribution in [3.63, 3.8) is 0 Å². The van der Waals surface area contributed by atoms with Crippen LogP contribution in [0.1, 0.15) is 24.2 Å². The molecule has 1 heterocycles. The third-order valence-corrected chi connectivity index (χ3v) is 4.40. The van der Waals surface area contributed by atoms with Crippen molar-refractivity contribution in [3.8, 4) is 0 Å². The van der Waals surface area contributed by atoms with Crippen LogP contribution >= 0.6 is 0 Å². The number of amides is 2. The average molecular weight is 382 g/mol.